The van der Waals surface area contributed by atoms with Crippen molar-refractivity contribution in [2.24, 2.45) is 0 Å². The number of carbonyl (C=O) groups excluding carboxylic acids is 8. The lowest BCUT2D eigenvalue weighted by Gasteiger charge is -2.44. The van der Waals surface area contributed by atoms with Crippen LogP contribution >= 0.6 is 0 Å². The summed E-state index contributed by atoms with van der Waals surface area (Å²) in [6, 6.07) is 94.9. The molecule has 14 aromatic rings. The number of aromatic nitrogens is 4. The number of piperazine rings is 2. The molecule has 2 unspecified atom stereocenters. The number of hydrogen-bond donors (Lipinski definition) is 4. The number of phenolic OH excluding ortho intramolecular Hbond substituents is 4. The van der Waals surface area contributed by atoms with Gasteiger partial charge in [0.25, 0.3) is 47.3 Å². The lowest BCUT2D eigenvalue weighted by atomic mass is 10.1. The van der Waals surface area contributed by atoms with E-state index in [1.54, 1.807) is 176 Å². The Morgan fingerprint density at radius 1 is 0.308 bits per heavy atom. The second-order valence-corrected chi connectivity index (χ2v) is 31.4. The summed E-state index contributed by atoms with van der Waals surface area (Å²) < 4.78 is 3.79. The Morgan fingerprint density at radius 3 is 1.06 bits per heavy atom. The van der Waals surface area contributed by atoms with Crippen LogP contribution in [0.25, 0.3) is 11.3 Å². The van der Waals surface area contributed by atoms with Gasteiger partial charge < -0.3 is 49.2 Å². The molecule has 8 heterocycles. The number of carbonyl (C=O) groups is 8. The summed E-state index contributed by atoms with van der Waals surface area (Å²) in [6.45, 7) is 5.72. The van der Waals surface area contributed by atoms with E-state index in [0.29, 0.717) is 94.9 Å². The Labute approximate surface area is 747 Å². The van der Waals surface area contributed by atoms with Crippen LogP contribution in [0.2, 0.25) is 0 Å². The summed E-state index contributed by atoms with van der Waals surface area (Å²) in [5.74, 6) is -2.86. The van der Waals surface area contributed by atoms with Crippen molar-refractivity contribution < 1.29 is 78.1 Å². The molecule has 6 aliphatic rings. The Balaban J connectivity index is 0.000000121. The summed E-state index contributed by atoms with van der Waals surface area (Å²) in [4.78, 5) is 142. The number of amides is 8. The number of nitrogens with zero attached hydrogens (tertiary/aromatic N) is 12. The molecule has 4 N–H and O–H groups in total. The molecule has 2 saturated heterocycles. The molecule has 130 heavy (non-hydrogen) atoms. The molecule has 0 aliphatic carbocycles. The van der Waals surface area contributed by atoms with E-state index in [4.69, 9.17) is 19.4 Å². The number of anilines is 4. The number of benzene rings is 12. The van der Waals surface area contributed by atoms with Gasteiger partial charge in [-0.2, -0.15) is 0 Å². The van der Waals surface area contributed by atoms with E-state index in [2.05, 4.69) is 53.8 Å². The van der Waals surface area contributed by atoms with Crippen molar-refractivity contribution in [3.05, 3.63) is 406 Å². The van der Waals surface area contributed by atoms with E-state index >= 15 is 0 Å². The number of imide groups is 4. The third kappa shape index (κ3) is 19.0. The number of aromatic hydroxyl groups is 4. The minimum Gasteiger partial charge on any atom is -0.508 e. The summed E-state index contributed by atoms with van der Waals surface area (Å²) >= 11 is 0. The highest BCUT2D eigenvalue weighted by atomic mass is 16.7. The largest absolute Gasteiger partial charge is 0.508 e. The Morgan fingerprint density at radius 2 is 0.638 bits per heavy atom. The first-order valence-corrected chi connectivity index (χ1v) is 42.3. The molecule has 2 aromatic heterocycles. The molecular weight excluding hydrogens is 1650 g/mol. The normalized spacial score (nSPS) is 15.5. The van der Waals surface area contributed by atoms with Crippen LogP contribution in [0.15, 0.2) is 328 Å². The number of fused-ring (bicyclic) bond motifs is 4. The fraction of sp³-hybridized carbons (Fsp3) is 0.157. The topological polar surface area (TPSA) is 316 Å². The van der Waals surface area contributed by atoms with Gasteiger partial charge in [0.05, 0.1) is 99.2 Å². The first-order valence-electron chi connectivity index (χ1n) is 42.3. The quantitative estimate of drug-likeness (QED) is 0.0408. The zero-order valence-electron chi connectivity index (χ0n) is 70.3. The summed E-state index contributed by atoms with van der Waals surface area (Å²) in [5, 5.41) is 42.9. The van der Waals surface area contributed by atoms with Gasteiger partial charge in [0.15, 0.2) is 0 Å². The molecule has 20 rings (SSSR count). The lowest BCUT2D eigenvalue weighted by Crippen LogP contribution is -2.56. The van der Waals surface area contributed by atoms with E-state index in [-0.39, 0.29) is 61.5 Å². The second kappa shape index (κ2) is 39.2. The van der Waals surface area contributed by atoms with E-state index in [0.717, 1.165) is 103 Å². The van der Waals surface area contributed by atoms with Crippen LogP contribution < -0.4 is 19.6 Å². The number of rotatable bonds is 24. The molecule has 0 radical (unpaired) electrons. The predicted octanol–water partition coefficient (Wildman–Crippen LogP) is 15.0. The van der Waals surface area contributed by atoms with Crippen LogP contribution in [0.5, 0.6) is 23.0 Å². The maximum atomic E-state index is 12.7. The molecule has 12 aromatic carbocycles. The van der Waals surface area contributed by atoms with Gasteiger partial charge in [0.1, 0.15) is 36.2 Å². The van der Waals surface area contributed by atoms with Crippen molar-refractivity contribution in [1.82, 2.24) is 39.4 Å². The second-order valence-electron chi connectivity index (χ2n) is 31.4. The van der Waals surface area contributed by atoms with Crippen molar-refractivity contribution in [3.63, 3.8) is 0 Å². The summed E-state index contributed by atoms with van der Waals surface area (Å²) in [5.41, 5.74) is 13.5. The van der Waals surface area contributed by atoms with Crippen LogP contribution in [-0.2, 0) is 52.1 Å². The molecule has 0 bridgehead atoms. The van der Waals surface area contributed by atoms with Gasteiger partial charge in [0, 0.05) is 105 Å². The average Bonchev–Trinajstić information content (AvgIpc) is 1.67. The van der Waals surface area contributed by atoms with E-state index < -0.39 is 47.3 Å². The molecule has 2 atom stereocenters. The average molecular weight is 1740 g/mol. The van der Waals surface area contributed by atoms with Gasteiger partial charge in [-0.3, -0.25) is 57.7 Å². The van der Waals surface area contributed by atoms with Crippen LogP contribution in [0.1, 0.15) is 123 Å². The molecule has 28 heteroatoms. The molecule has 6 aliphatic heterocycles. The predicted molar refractivity (Wildman–Crippen MR) is 483 cm³/mol. The van der Waals surface area contributed by atoms with Gasteiger partial charge in [0.2, 0.25) is 0 Å². The van der Waals surface area contributed by atoms with Gasteiger partial charge in [-0.05, 0) is 144 Å². The zero-order valence-corrected chi connectivity index (χ0v) is 70.3. The van der Waals surface area contributed by atoms with Crippen LogP contribution in [0.3, 0.4) is 0 Å². The first-order chi connectivity index (χ1) is 63.4. The van der Waals surface area contributed by atoms with Crippen molar-refractivity contribution in [2.75, 3.05) is 72.1 Å². The van der Waals surface area contributed by atoms with Crippen molar-refractivity contribution in [2.45, 2.75) is 51.2 Å². The summed E-state index contributed by atoms with van der Waals surface area (Å²) in [6.07, 6.45) is 4.58. The molecule has 652 valence electrons. The van der Waals surface area contributed by atoms with E-state index in [1.165, 1.54) is 0 Å². The maximum Gasteiger partial charge on any atom is 0.285 e. The third-order valence-corrected chi connectivity index (χ3v) is 23.1. The van der Waals surface area contributed by atoms with Gasteiger partial charge in [-0.25, -0.2) is 9.97 Å². The van der Waals surface area contributed by atoms with E-state index in [9.17, 15) is 58.8 Å². The molecule has 2 fully saturated rings. The van der Waals surface area contributed by atoms with Gasteiger partial charge in [-0.1, -0.05) is 182 Å². The van der Waals surface area contributed by atoms with Gasteiger partial charge >= 0.3 is 0 Å². The lowest BCUT2D eigenvalue weighted by molar-refractivity contribution is -0.102. The highest BCUT2D eigenvalue weighted by Gasteiger charge is 2.42. The third-order valence-electron chi connectivity index (χ3n) is 23.1. The molecule has 0 saturated carbocycles. The van der Waals surface area contributed by atoms with Crippen LogP contribution in [-0.4, -0.2) is 172 Å². The number of hydrogen-bond acceptors (Lipinski definition) is 22. The molecule has 28 nitrogen and oxygen atoms in total. The van der Waals surface area contributed by atoms with Gasteiger partial charge in [-0.15, -0.1) is 20.3 Å². The molecule has 8 amide bonds. The van der Waals surface area contributed by atoms with Crippen LogP contribution in [0.4, 0.5) is 22.7 Å². The fourth-order valence-electron chi connectivity index (χ4n) is 16.6. The summed E-state index contributed by atoms with van der Waals surface area (Å²) in [7, 11) is 0. The Hall–Kier alpha value is -16.1. The zero-order chi connectivity index (χ0) is 89.7. The number of hydroxylamine groups is 8. The standard InChI is InChI=1S/C26H21N3O4.C26H25N3O4.C25H19N3O4.C25H23N3O4/c30-20-10-6-9-19(13-20)15-28-17-27-23(14-18-7-2-1-3-8-18)24(28)16-33-29-25(31)21-11-4-5-12-22(21)26(29)32;30-22-10-6-9-20(17-22)28-15-14-27(19-7-2-1-3-8-19)18-21(28)13-16-33-29-25(31)23-11-4-5-12-24(23)26(29)32;29-19-10-6-7-17(13-19)14-27-16-26-23(18-8-2-1-3-9-18)22(27)15-32-28-24(30)20-11-4-5-12-21(20)25(28)31;29-21-10-6-9-19(15-21)27-14-13-26(18-7-2-1-3-8-18)16-20(27)17-32-28-24(30)22-11-4-5-12-23(22)25(28)31/h1-13,17,30H,14-16H2;1-12,17,21,30H,13-16,18H2;1-13,16,29H,14-15H2;1-12,15,20,29H,13-14,16-17H2. The minimum atomic E-state index is -0.481. The van der Waals surface area contributed by atoms with Crippen molar-refractivity contribution in [3.8, 4) is 34.3 Å². The monoisotopic (exact) mass is 1740 g/mol. The Kier molecular flexibility index (Phi) is 25.9. The van der Waals surface area contributed by atoms with E-state index in [1.807, 2.05) is 137 Å². The fourth-order valence-corrected chi connectivity index (χ4v) is 16.6. The highest BCUT2D eigenvalue weighted by Crippen LogP contribution is 2.35. The Bertz CT molecular complexity index is 6380. The molecular formula is C102H88N12O16. The maximum absolute atomic E-state index is 12.7. The smallest absolute Gasteiger partial charge is 0.285 e. The number of imidazole rings is 2. The SMILES string of the molecule is O=C1c2ccccc2C(=O)N1OCC1CN(c2ccccc2)CCN1c1cccc(O)c1.O=C1c2ccccc2C(=O)N1OCCC1CN(c2ccccc2)CCN1c1cccc(O)c1.O=C1c2ccccc2C(=O)N1OCc1c(-c2ccccc2)ncn1Cc1cccc(O)c1.O=C1c2ccccc2C(=O)N1OCc1c(Cc2ccccc2)ncn1Cc1cccc(O)c1. The van der Waals surface area contributed by atoms with Crippen molar-refractivity contribution in [1.29, 1.82) is 0 Å². The first kappa shape index (κ1) is 86.0. The highest BCUT2D eigenvalue weighted by molar-refractivity contribution is 6.22. The van der Waals surface area contributed by atoms with Crippen molar-refractivity contribution >= 4 is 70.0 Å². The number of para-hydroxylation sites is 2. The molecule has 0 spiro atoms. The van der Waals surface area contributed by atoms with Crippen LogP contribution in [0, 0.1) is 0 Å². The minimum absolute atomic E-state index is 0.00749. The number of phenols is 4.